The maximum absolute atomic E-state index is 12.2. The zero-order valence-corrected chi connectivity index (χ0v) is 19.4. The highest BCUT2D eigenvalue weighted by Crippen LogP contribution is 2.48. The van der Waals surface area contributed by atoms with Crippen molar-refractivity contribution in [3.8, 4) is 0 Å². The summed E-state index contributed by atoms with van der Waals surface area (Å²) in [5.74, 6) is -0.0240. The summed E-state index contributed by atoms with van der Waals surface area (Å²) in [6.45, 7) is 2.14. The van der Waals surface area contributed by atoms with Crippen LogP contribution < -0.4 is 0 Å². The standard InChI is InChI=1S/C25H29N3O5/c1-5-22(26-31-3)23(21-15-20(21)17-11-7-6-8-12-17)28-33-16-18-13-9-10-14-19(18)24(27-32-4)25(29)30-2/h6-14,20-21H,5,15-16H2,1-4H3/b26-22+,27-24-,28-23+. The normalized spacial score (nSPS) is 18.5. The molecule has 33 heavy (non-hydrogen) atoms. The number of hydrogen-bond acceptors (Lipinski definition) is 8. The smallest absolute Gasteiger partial charge is 0.360 e. The van der Waals surface area contributed by atoms with Gasteiger partial charge in [-0.2, -0.15) is 0 Å². The Kier molecular flexibility index (Phi) is 8.57. The molecule has 0 heterocycles. The first-order valence-corrected chi connectivity index (χ1v) is 10.8. The number of rotatable bonds is 11. The Labute approximate surface area is 193 Å². The molecule has 3 rings (SSSR count). The molecule has 1 fully saturated rings. The van der Waals surface area contributed by atoms with Crippen molar-refractivity contribution in [1.29, 1.82) is 0 Å². The molecule has 0 saturated heterocycles. The fourth-order valence-corrected chi connectivity index (χ4v) is 3.74. The first kappa shape index (κ1) is 24.0. The minimum absolute atomic E-state index is 0.0601. The first-order chi connectivity index (χ1) is 16.1. The Morgan fingerprint density at radius 2 is 1.64 bits per heavy atom. The topological polar surface area (TPSA) is 91.1 Å². The minimum Gasteiger partial charge on any atom is -0.464 e. The monoisotopic (exact) mass is 451 g/mol. The van der Waals surface area contributed by atoms with E-state index < -0.39 is 5.97 Å². The van der Waals surface area contributed by atoms with Crippen LogP contribution >= 0.6 is 0 Å². The van der Waals surface area contributed by atoms with E-state index in [4.69, 9.17) is 19.2 Å². The zero-order chi connectivity index (χ0) is 23.6. The molecule has 8 nitrogen and oxygen atoms in total. The highest BCUT2D eigenvalue weighted by molar-refractivity contribution is 6.44. The fourth-order valence-electron chi connectivity index (χ4n) is 3.74. The van der Waals surface area contributed by atoms with Crippen LogP contribution in [0.25, 0.3) is 0 Å². The third-order valence-electron chi connectivity index (χ3n) is 5.42. The van der Waals surface area contributed by atoms with Gasteiger partial charge in [-0.15, -0.1) is 0 Å². The van der Waals surface area contributed by atoms with Crippen LogP contribution in [0, 0.1) is 5.92 Å². The van der Waals surface area contributed by atoms with Crippen molar-refractivity contribution in [3.63, 3.8) is 0 Å². The van der Waals surface area contributed by atoms with Crippen LogP contribution in [0.4, 0.5) is 0 Å². The van der Waals surface area contributed by atoms with Gasteiger partial charge in [0, 0.05) is 17.0 Å². The third-order valence-corrected chi connectivity index (χ3v) is 5.42. The van der Waals surface area contributed by atoms with Crippen molar-refractivity contribution in [2.75, 3.05) is 21.3 Å². The summed E-state index contributed by atoms with van der Waals surface area (Å²) in [7, 11) is 4.19. The average Bonchev–Trinajstić information content (AvgIpc) is 3.65. The predicted molar refractivity (Wildman–Crippen MR) is 126 cm³/mol. The number of nitrogens with zero attached hydrogens (tertiary/aromatic N) is 3. The van der Waals surface area contributed by atoms with Gasteiger partial charge in [0.25, 0.3) is 0 Å². The van der Waals surface area contributed by atoms with Crippen molar-refractivity contribution in [2.24, 2.45) is 21.4 Å². The van der Waals surface area contributed by atoms with E-state index in [9.17, 15) is 4.79 Å². The summed E-state index contributed by atoms with van der Waals surface area (Å²) in [4.78, 5) is 27.8. The molecular weight excluding hydrogens is 422 g/mol. The Hall–Kier alpha value is -3.68. The summed E-state index contributed by atoms with van der Waals surface area (Å²) in [6, 6.07) is 17.6. The molecule has 0 N–H and O–H groups in total. The van der Waals surface area contributed by atoms with Crippen molar-refractivity contribution in [1.82, 2.24) is 0 Å². The molecule has 0 radical (unpaired) electrons. The number of benzene rings is 2. The van der Waals surface area contributed by atoms with Crippen molar-refractivity contribution in [2.45, 2.75) is 32.3 Å². The maximum atomic E-state index is 12.2. The molecule has 0 bridgehead atoms. The van der Waals surface area contributed by atoms with Gasteiger partial charge in [0.15, 0.2) is 5.71 Å². The van der Waals surface area contributed by atoms with Crippen LogP contribution in [0.15, 0.2) is 70.1 Å². The second-order valence-electron chi connectivity index (χ2n) is 7.45. The second kappa shape index (κ2) is 11.8. The van der Waals surface area contributed by atoms with Crippen LogP contribution in [0.1, 0.15) is 42.4 Å². The fraction of sp³-hybridized carbons (Fsp3) is 0.360. The largest absolute Gasteiger partial charge is 0.464 e. The number of carbonyl (C=O) groups excluding carboxylic acids is 1. The Morgan fingerprint density at radius 3 is 2.30 bits per heavy atom. The molecule has 2 atom stereocenters. The highest BCUT2D eigenvalue weighted by Gasteiger charge is 2.44. The Balaban J connectivity index is 1.83. The lowest BCUT2D eigenvalue weighted by molar-refractivity contribution is -0.132. The van der Waals surface area contributed by atoms with E-state index in [0.29, 0.717) is 17.9 Å². The van der Waals surface area contributed by atoms with Gasteiger partial charge in [0.1, 0.15) is 32.2 Å². The quantitative estimate of drug-likeness (QED) is 0.289. The van der Waals surface area contributed by atoms with Crippen molar-refractivity contribution in [3.05, 3.63) is 71.3 Å². The van der Waals surface area contributed by atoms with E-state index >= 15 is 0 Å². The van der Waals surface area contributed by atoms with Gasteiger partial charge in [-0.3, -0.25) is 0 Å². The van der Waals surface area contributed by atoms with Gasteiger partial charge in [-0.25, -0.2) is 4.79 Å². The number of ether oxygens (including phenoxy) is 1. The lowest BCUT2D eigenvalue weighted by Gasteiger charge is -2.11. The van der Waals surface area contributed by atoms with E-state index in [1.165, 1.54) is 26.9 Å². The van der Waals surface area contributed by atoms with E-state index in [2.05, 4.69) is 27.6 Å². The van der Waals surface area contributed by atoms with Crippen LogP contribution in [-0.4, -0.2) is 44.4 Å². The average molecular weight is 452 g/mol. The van der Waals surface area contributed by atoms with Gasteiger partial charge in [-0.05, 0) is 24.3 Å². The number of oxime groups is 3. The van der Waals surface area contributed by atoms with E-state index in [-0.39, 0.29) is 18.2 Å². The summed E-state index contributed by atoms with van der Waals surface area (Å²) in [5, 5.41) is 12.5. The predicted octanol–water partition coefficient (Wildman–Crippen LogP) is 4.30. The first-order valence-electron chi connectivity index (χ1n) is 10.8. The maximum Gasteiger partial charge on any atom is 0.360 e. The molecule has 0 aromatic heterocycles. The Morgan fingerprint density at radius 1 is 0.939 bits per heavy atom. The molecule has 0 aliphatic heterocycles. The van der Waals surface area contributed by atoms with Crippen molar-refractivity contribution >= 4 is 23.1 Å². The molecule has 1 aliphatic rings. The van der Waals surface area contributed by atoms with E-state index in [0.717, 1.165) is 23.4 Å². The van der Waals surface area contributed by atoms with E-state index in [1.54, 1.807) is 12.1 Å². The number of esters is 1. The van der Waals surface area contributed by atoms with Gasteiger partial charge < -0.3 is 19.2 Å². The van der Waals surface area contributed by atoms with Crippen molar-refractivity contribution < 1.29 is 24.0 Å². The van der Waals surface area contributed by atoms with Crippen LogP contribution in [0.5, 0.6) is 0 Å². The summed E-state index contributed by atoms with van der Waals surface area (Å²) < 4.78 is 4.84. The SMILES string of the molecule is CCC(=N\OC)/C(=N/OCc1ccccc1/C(=N/OC)C(=O)OC)C1CC1c1ccccc1. The Bertz CT molecular complexity index is 1030. The van der Waals surface area contributed by atoms with Gasteiger partial charge >= 0.3 is 5.97 Å². The summed E-state index contributed by atoms with van der Waals surface area (Å²) >= 11 is 0. The number of methoxy groups -OCH3 is 1. The minimum atomic E-state index is -0.599. The van der Waals surface area contributed by atoms with Crippen LogP contribution in [-0.2, 0) is 30.7 Å². The zero-order valence-electron chi connectivity index (χ0n) is 19.4. The van der Waals surface area contributed by atoms with Gasteiger partial charge in [0.05, 0.1) is 7.11 Å². The van der Waals surface area contributed by atoms with E-state index in [1.807, 2.05) is 37.3 Å². The molecule has 2 aromatic rings. The number of carbonyl (C=O) groups is 1. The lowest BCUT2D eigenvalue weighted by Crippen LogP contribution is -2.20. The molecule has 2 aromatic carbocycles. The summed E-state index contributed by atoms with van der Waals surface area (Å²) in [6.07, 6.45) is 1.64. The molecule has 8 heteroatoms. The van der Waals surface area contributed by atoms with Gasteiger partial charge in [-0.1, -0.05) is 77.0 Å². The highest BCUT2D eigenvalue weighted by atomic mass is 16.6. The second-order valence-corrected chi connectivity index (χ2v) is 7.45. The van der Waals surface area contributed by atoms with Crippen LogP contribution in [0.2, 0.25) is 0 Å². The van der Waals surface area contributed by atoms with Crippen LogP contribution in [0.3, 0.4) is 0 Å². The molecule has 1 saturated carbocycles. The third kappa shape index (κ3) is 5.97. The number of hydrogen-bond donors (Lipinski definition) is 0. The molecule has 0 spiro atoms. The molecular formula is C25H29N3O5. The molecule has 0 amide bonds. The van der Waals surface area contributed by atoms with Gasteiger partial charge in [0.2, 0.25) is 0 Å². The summed E-state index contributed by atoms with van der Waals surface area (Å²) in [5.41, 5.74) is 4.14. The lowest BCUT2D eigenvalue weighted by atomic mass is 10.0. The molecule has 2 unspecified atom stereocenters. The molecule has 1 aliphatic carbocycles. The molecule has 174 valence electrons.